The van der Waals surface area contributed by atoms with Crippen molar-refractivity contribution in [3.05, 3.63) is 36.2 Å². The normalized spacial score (nSPS) is 13.9. The van der Waals surface area contributed by atoms with E-state index in [1.165, 1.54) is 12.4 Å². The number of nitrogens with zero attached hydrogens (tertiary/aromatic N) is 4. The number of carbonyl (C=O) groups excluding carboxylic acids is 2. The lowest BCUT2D eigenvalue weighted by Crippen LogP contribution is -2.48. The molecule has 1 fully saturated rings. The van der Waals surface area contributed by atoms with Crippen LogP contribution < -0.4 is 14.8 Å². The number of aromatic nitrogens is 2. The zero-order valence-electron chi connectivity index (χ0n) is 15.2. The Labute approximate surface area is 156 Å². The predicted octanol–water partition coefficient (Wildman–Crippen LogP) is 1.15. The molecule has 0 radical (unpaired) electrons. The first-order valence-corrected chi connectivity index (χ1v) is 8.44. The van der Waals surface area contributed by atoms with Gasteiger partial charge in [0, 0.05) is 44.6 Å². The van der Waals surface area contributed by atoms with Crippen molar-refractivity contribution in [1.82, 2.24) is 19.8 Å². The fourth-order valence-corrected chi connectivity index (χ4v) is 2.75. The average molecular weight is 371 g/mol. The van der Waals surface area contributed by atoms with Gasteiger partial charge >= 0.3 is 0 Å². The van der Waals surface area contributed by atoms with Gasteiger partial charge in [-0.2, -0.15) is 0 Å². The van der Waals surface area contributed by atoms with E-state index in [-0.39, 0.29) is 5.91 Å². The van der Waals surface area contributed by atoms with E-state index >= 15 is 0 Å². The van der Waals surface area contributed by atoms with Crippen LogP contribution in [0.2, 0.25) is 0 Å². The molecule has 0 atom stereocenters. The number of methoxy groups -OCH3 is 2. The van der Waals surface area contributed by atoms with E-state index in [0.29, 0.717) is 54.9 Å². The Morgan fingerprint density at radius 3 is 2.41 bits per heavy atom. The van der Waals surface area contributed by atoms with Gasteiger partial charge in [0.25, 0.3) is 5.91 Å². The summed E-state index contributed by atoms with van der Waals surface area (Å²) in [7, 11) is 3.15. The van der Waals surface area contributed by atoms with Gasteiger partial charge in [0.15, 0.2) is 0 Å². The van der Waals surface area contributed by atoms with Crippen molar-refractivity contribution in [3.8, 4) is 11.5 Å². The van der Waals surface area contributed by atoms with Gasteiger partial charge in [0.1, 0.15) is 11.5 Å². The summed E-state index contributed by atoms with van der Waals surface area (Å²) >= 11 is 0. The first-order chi connectivity index (χ1) is 13.1. The van der Waals surface area contributed by atoms with Crippen LogP contribution in [0.5, 0.6) is 11.5 Å². The molecule has 9 heteroatoms. The summed E-state index contributed by atoms with van der Waals surface area (Å²) in [6.45, 7) is 2.06. The number of hydrogen-bond donors (Lipinski definition) is 1. The summed E-state index contributed by atoms with van der Waals surface area (Å²) in [6.07, 6.45) is 3.77. The topological polar surface area (TPSA) is 96.9 Å². The number of anilines is 2. The summed E-state index contributed by atoms with van der Waals surface area (Å²) < 4.78 is 10.5. The number of piperazine rings is 1. The van der Waals surface area contributed by atoms with Gasteiger partial charge in [-0.25, -0.2) is 9.97 Å². The highest BCUT2D eigenvalue weighted by Gasteiger charge is 2.21. The first kappa shape index (κ1) is 18.4. The van der Waals surface area contributed by atoms with Crippen LogP contribution in [0.25, 0.3) is 0 Å². The van der Waals surface area contributed by atoms with E-state index < -0.39 is 0 Å². The maximum Gasteiger partial charge on any atom is 0.257 e. The summed E-state index contributed by atoms with van der Waals surface area (Å²) in [4.78, 5) is 35.1. The van der Waals surface area contributed by atoms with Crippen LogP contribution >= 0.6 is 0 Å². The molecule has 0 aliphatic carbocycles. The molecule has 1 saturated heterocycles. The number of amides is 2. The largest absolute Gasteiger partial charge is 0.497 e. The summed E-state index contributed by atoms with van der Waals surface area (Å²) in [5.74, 6) is 1.47. The van der Waals surface area contributed by atoms with Crippen molar-refractivity contribution < 1.29 is 19.1 Å². The van der Waals surface area contributed by atoms with Gasteiger partial charge in [-0.3, -0.25) is 9.59 Å². The maximum atomic E-state index is 12.5. The maximum absolute atomic E-state index is 12.5. The second-order valence-corrected chi connectivity index (χ2v) is 5.92. The van der Waals surface area contributed by atoms with Gasteiger partial charge in [-0.05, 0) is 12.1 Å². The Balaban J connectivity index is 1.69. The van der Waals surface area contributed by atoms with Gasteiger partial charge < -0.3 is 24.6 Å². The number of hydrogen-bond acceptors (Lipinski definition) is 7. The molecule has 0 saturated carbocycles. The number of nitrogens with one attached hydrogen (secondary N) is 1. The third kappa shape index (κ3) is 4.25. The SMILES string of the molecule is COc1ccc(OC)c(Nc2ncc(C(=O)N3CCN(C=O)CC3)cn2)c1. The minimum absolute atomic E-state index is 0.147. The van der Waals surface area contributed by atoms with E-state index in [4.69, 9.17) is 9.47 Å². The zero-order valence-corrected chi connectivity index (χ0v) is 15.2. The van der Waals surface area contributed by atoms with E-state index in [9.17, 15) is 9.59 Å². The molecule has 3 rings (SSSR count). The molecule has 2 aromatic rings. The summed E-state index contributed by atoms with van der Waals surface area (Å²) in [5.41, 5.74) is 1.05. The Morgan fingerprint density at radius 2 is 1.81 bits per heavy atom. The lowest BCUT2D eigenvalue weighted by Gasteiger charge is -2.32. The Morgan fingerprint density at radius 1 is 1.11 bits per heavy atom. The average Bonchev–Trinajstić information content (AvgIpc) is 2.73. The molecule has 1 N–H and O–H groups in total. The van der Waals surface area contributed by atoms with Crippen LogP contribution in [0.4, 0.5) is 11.6 Å². The Hall–Kier alpha value is -3.36. The Kier molecular flexibility index (Phi) is 5.70. The number of benzene rings is 1. The highest BCUT2D eigenvalue weighted by molar-refractivity contribution is 5.93. The Bertz CT molecular complexity index is 804. The molecule has 1 aliphatic rings. The molecule has 27 heavy (non-hydrogen) atoms. The molecule has 2 amide bonds. The smallest absolute Gasteiger partial charge is 0.257 e. The molecular weight excluding hydrogens is 350 g/mol. The standard InChI is InChI=1S/C18H21N5O4/c1-26-14-3-4-16(27-2)15(9-14)21-18-19-10-13(11-20-18)17(25)23-7-5-22(12-24)6-8-23/h3-4,9-12H,5-8H2,1-2H3,(H,19,20,21). The highest BCUT2D eigenvalue weighted by Crippen LogP contribution is 2.30. The summed E-state index contributed by atoms with van der Waals surface area (Å²) in [5, 5.41) is 3.06. The fraction of sp³-hybridized carbons (Fsp3) is 0.333. The number of ether oxygens (including phenoxy) is 2. The fourth-order valence-electron chi connectivity index (χ4n) is 2.75. The van der Waals surface area contributed by atoms with Crippen molar-refractivity contribution in [2.45, 2.75) is 0 Å². The lowest BCUT2D eigenvalue weighted by molar-refractivity contribution is -0.119. The van der Waals surface area contributed by atoms with E-state index in [1.807, 2.05) is 0 Å². The van der Waals surface area contributed by atoms with Crippen molar-refractivity contribution in [2.75, 3.05) is 45.7 Å². The second-order valence-electron chi connectivity index (χ2n) is 5.92. The molecule has 9 nitrogen and oxygen atoms in total. The predicted molar refractivity (Wildman–Crippen MR) is 98.4 cm³/mol. The second kappa shape index (κ2) is 8.35. The van der Waals surface area contributed by atoms with Gasteiger partial charge in [0.05, 0.1) is 25.5 Å². The molecule has 0 unspecified atom stereocenters. The van der Waals surface area contributed by atoms with E-state index in [2.05, 4.69) is 15.3 Å². The van der Waals surface area contributed by atoms with Crippen LogP contribution in [-0.2, 0) is 4.79 Å². The van der Waals surface area contributed by atoms with Crippen molar-refractivity contribution in [1.29, 1.82) is 0 Å². The molecule has 1 aromatic heterocycles. The van der Waals surface area contributed by atoms with E-state index in [0.717, 1.165) is 6.41 Å². The molecule has 0 spiro atoms. The lowest BCUT2D eigenvalue weighted by atomic mass is 10.2. The molecule has 142 valence electrons. The van der Waals surface area contributed by atoms with Crippen molar-refractivity contribution in [3.63, 3.8) is 0 Å². The molecule has 0 bridgehead atoms. The van der Waals surface area contributed by atoms with Crippen LogP contribution in [0.15, 0.2) is 30.6 Å². The minimum atomic E-state index is -0.147. The third-order valence-electron chi connectivity index (χ3n) is 4.30. The van der Waals surface area contributed by atoms with Gasteiger partial charge in [-0.15, -0.1) is 0 Å². The van der Waals surface area contributed by atoms with E-state index in [1.54, 1.807) is 42.2 Å². The highest BCUT2D eigenvalue weighted by atomic mass is 16.5. The molecular formula is C18H21N5O4. The first-order valence-electron chi connectivity index (χ1n) is 8.44. The molecule has 1 aliphatic heterocycles. The van der Waals surface area contributed by atoms with Gasteiger partial charge in [-0.1, -0.05) is 0 Å². The molecule has 2 heterocycles. The number of carbonyl (C=O) groups is 2. The van der Waals surface area contributed by atoms with Gasteiger partial charge in [0.2, 0.25) is 12.4 Å². The van der Waals surface area contributed by atoms with Crippen LogP contribution in [0.3, 0.4) is 0 Å². The van der Waals surface area contributed by atoms with Crippen LogP contribution in [0, 0.1) is 0 Å². The third-order valence-corrected chi connectivity index (χ3v) is 4.30. The molecule has 1 aromatic carbocycles. The zero-order chi connectivity index (χ0) is 19.2. The van der Waals surface area contributed by atoms with Crippen molar-refractivity contribution >= 4 is 24.0 Å². The summed E-state index contributed by atoms with van der Waals surface area (Å²) in [6, 6.07) is 5.34. The minimum Gasteiger partial charge on any atom is -0.497 e. The van der Waals surface area contributed by atoms with Crippen LogP contribution in [0.1, 0.15) is 10.4 Å². The monoisotopic (exact) mass is 371 g/mol. The van der Waals surface area contributed by atoms with Crippen LogP contribution in [-0.4, -0.2) is 72.5 Å². The quantitative estimate of drug-likeness (QED) is 0.761. The number of rotatable bonds is 6. The van der Waals surface area contributed by atoms with Crippen molar-refractivity contribution in [2.24, 2.45) is 0 Å².